The summed E-state index contributed by atoms with van der Waals surface area (Å²) < 4.78 is 26.5. The molecule has 0 N–H and O–H groups in total. The second-order valence-corrected chi connectivity index (χ2v) is 9.23. The van der Waals surface area contributed by atoms with Crippen molar-refractivity contribution in [3.8, 4) is 11.5 Å². The summed E-state index contributed by atoms with van der Waals surface area (Å²) in [4.78, 5) is 4.82. The third kappa shape index (κ3) is 6.41. The van der Waals surface area contributed by atoms with Gasteiger partial charge in [-0.25, -0.2) is 4.39 Å². The van der Waals surface area contributed by atoms with E-state index in [1.165, 1.54) is 11.1 Å². The highest BCUT2D eigenvalue weighted by Crippen LogP contribution is 2.38. The van der Waals surface area contributed by atoms with Gasteiger partial charge in [0.2, 0.25) is 0 Å². The van der Waals surface area contributed by atoms with E-state index in [2.05, 4.69) is 60.0 Å². The standard InChI is InChI=1S/C30H37FN2O2/c1-4-6-19-35-28-16-15-25(20-29(28)34-5-2)30-32(21-24-13-11-23(3)12-14-24)17-18-33(30)22-26-9-7-8-10-27(26)31/h7-16,20,30H,4-6,17-19,21-22H2,1-3H3/t30-/m0/s1. The largest absolute Gasteiger partial charge is 0.490 e. The fourth-order valence-corrected chi connectivity index (χ4v) is 4.66. The maximum atomic E-state index is 14.5. The number of benzene rings is 3. The molecule has 0 spiro atoms. The summed E-state index contributed by atoms with van der Waals surface area (Å²) in [5.74, 6) is 1.40. The zero-order valence-electron chi connectivity index (χ0n) is 21.2. The molecular formula is C30H37FN2O2. The average molecular weight is 477 g/mol. The van der Waals surface area contributed by atoms with Crippen molar-refractivity contribution in [3.63, 3.8) is 0 Å². The lowest BCUT2D eigenvalue weighted by atomic mass is 10.1. The first-order valence-corrected chi connectivity index (χ1v) is 12.8. The minimum Gasteiger partial charge on any atom is -0.490 e. The molecule has 0 radical (unpaired) electrons. The number of aryl methyl sites for hydroxylation is 1. The Kier molecular flexibility index (Phi) is 8.78. The summed E-state index contributed by atoms with van der Waals surface area (Å²) in [6.07, 6.45) is 2.11. The van der Waals surface area contributed by atoms with E-state index >= 15 is 0 Å². The van der Waals surface area contributed by atoms with Gasteiger partial charge in [-0.05, 0) is 49.6 Å². The fourth-order valence-electron chi connectivity index (χ4n) is 4.66. The lowest BCUT2D eigenvalue weighted by Crippen LogP contribution is -2.30. The second kappa shape index (κ2) is 12.2. The third-order valence-electron chi connectivity index (χ3n) is 6.52. The predicted molar refractivity (Wildman–Crippen MR) is 139 cm³/mol. The molecule has 0 amide bonds. The van der Waals surface area contributed by atoms with Crippen LogP contribution < -0.4 is 9.47 Å². The lowest BCUT2D eigenvalue weighted by Gasteiger charge is -2.31. The van der Waals surface area contributed by atoms with Crippen LogP contribution in [-0.4, -0.2) is 36.1 Å². The van der Waals surface area contributed by atoms with Crippen LogP contribution >= 0.6 is 0 Å². The SMILES string of the molecule is CCCCOc1ccc([C@H]2N(Cc3ccc(C)cc3)CCN2Cc2ccccc2F)cc1OCC. The molecule has 4 rings (SSSR count). The molecule has 1 aliphatic heterocycles. The second-order valence-electron chi connectivity index (χ2n) is 9.23. The molecule has 1 aliphatic rings. The van der Waals surface area contributed by atoms with Crippen molar-refractivity contribution in [2.45, 2.75) is 52.9 Å². The van der Waals surface area contributed by atoms with Crippen LogP contribution in [0.15, 0.2) is 66.7 Å². The number of hydrogen-bond donors (Lipinski definition) is 0. The summed E-state index contributed by atoms with van der Waals surface area (Å²) >= 11 is 0. The average Bonchev–Trinajstić information content (AvgIpc) is 3.25. The van der Waals surface area contributed by atoms with Crippen molar-refractivity contribution in [2.75, 3.05) is 26.3 Å². The normalized spacial score (nSPS) is 16.5. The zero-order valence-corrected chi connectivity index (χ0v) is 21.2. The highest BCUT2D eigenvalue weighted by molar-refractivity contribution is 5.44. The van der Waals surface area contributed by atoms with Crippen molar-refractivity contribution in [1.82, 2.24) is 9.80 Å². The Morgan fingerprint density at radius 1 is 0.857 bits per heavy atom. The van der Waals surface area contributed by atoms with Crippen molar-refractivity contribution in [3.05, 3.63) is 94.8 Å². The van der Waals surface area contributed by atoms with E-state index in [1.54, 1.807) is 12.1 Å². The van der Waals surface area contributed by atoms with Crippen LogP contribution in [0, 0.1) is 12.7 Å². The van der Waals surface area contributed by atoms with Crippen LogP contribution in [-0.2, 0) is 13.1 Å². The Morgan fingerprint density at radius 3 is 2.31 bits per heavy atom. The summed E-state index contributed by atoms with van der Waals surface area (Å²) in [5.41, 5.74) is 4.39. The number of hydrogen-bond acceptors (Lipinski definition) is 4. The van der Waals surface area contributed by atoms with Crippen molar-refractivity contribution in [2.24, 2.45) is 0 Å². The molecule has 0 bridgehead atoms. The van der Waals surface area contributed by atoms with Gasteiger partial charge in [0.05, 0.1) is 19.4 Å². The molecule has 5 heteroatoms. The Hall–Kier alpha value is -2.89. The molecule has 3 aromatic rings. The molecule has 4 nitrogen and oxygen atoms in total. The van der Waals surface area contributed by atoms with Gasteiger partial charge in [-0.1, -0.05) is 67.4 Å². The molecule has 1 atom stereocenters. The molecule has 0 saturated carbocycles. The Bertz CT molecular complexity index is 1090. The number of unbranched alkanes of at least 4 members (excludes halogenated alkanes) is 1. The minimum atomic E-state index is -0.155. The monoisotopic (exact) mass is 476 g/mol. The number of rotatable bonds is 11. The smallest absolute Gasteiger partial charge is 0.161 e. The molecule has 1 saturated heterocycles. The van der Waals surface area contributed by atoms with Crippen LogP contribution in [0.2, 0.25) is 0 Å². The first-order chi connectivity index (χ1) is 17.1. The predicted octanol–water partition coefficient (Wildman–Crippen LogP) is 6.73. The summed E-state index contributed by atoms with van der Waals surface area (Å²) in [6, 6.07) is 22.1. The molecule has 186 valence electrons. The molecule has 0 aliphatic carbocycles. The lowest BCUT2D eigenvalue weighted by molar-refractivity contribution is 0.124. The molecule has 1 heterocycles. The zero-order chi connectivity index (χ0) is 24.6. The number of halogens is 1. The topological polar surface area (TPSA) is 24.9 Å². The van der Waals surface area contributed by atoms with Crippen LogP contribution in [0.25, 0.3) is 0 Å². The fraction of sp³-hybridized carbons (Fsp3) is 0.400. The van der Waals surface area contributed by atoms with E-state index in [1.807, 2.05) is 25.1 Å². The van der Waals surface area contributed by atoms with Gasteiger partial charge in [-0.3, -0.25) is 9.80 Å². The molecule has 3 aromatic carbocycles. The summed E-state index contributed by atoms with van der Waals surface area (Å²) in [7, 11) is 0. The van der Waals surface area contributed by atoms with Gasteiger partial charge in [-0.15, -0.1) is 0 Å². The quantitative estimate of drug-likeness (QED) is 0.287. The van der Waals surface area contributed by atoms with Crippen molar-refractivity contribution < 1.29 is 13.9 Å². The maximum absolute atomic E-state index is 14.5. The van der Waals surface area contributed by atoms with Gasteiger partial charge in [0.25, 0.3) is 0 Å². The highest BCUT2D eigenvalue weighted by atomic mass is 19.1. The van der Waals surface area contributed by atoms with Crippen LogP contribution in [0.1, 0.15) is 55.1 Å². The van der Waals surface area contributed by atoms with E-state index in [4.69, 9.17) is 9.47 Å². The number of nitrogens with zero attached hydrogens (tertiary/aromatic N) is 2. The number of ether oxygens (including phenoxy) is 2. The van der Waals surface area contributed by atoms with Gasteiger partial charge >= 0.3 is 0 Å². The van der Waals surface area contributed by atoms with Gasteiger partial charge in [0, 0.05) is 31.7 Å². The minimum absolute atomic E-state index is 0.0137. The highest BCUT2D eigenvalue weighted by Gasteiger charge is 2.34. The molecule has 0 aromatic heterocycles. The van der Waals surface area contributed by atoms with E-state index in [-0.39, 0.29) is 12.0 Å². The first kappa shape index (κ1) is 25.2. The van der Waals surface area contributed by atoms with Gasteiger partial charge in [0.1, 0.15) is 5.82 Å². The van der Waals surface area contributed by atoms with E-state index in [9.17, 15) is 4.39 Å². The summed E-state index contributed by atoms with van der Waals surface area (Å²) in [6.45, 7) is 10.7. The Labute approximate surface area is 209 Å². The van der Waals surface area contributed by atoms with Gasteiger partial charge in [0.15, 0.2) is 11.5 Å². The van der Waals surface area contributed by atoms with Crippen LogP contribution in [0.4, 0.5) is 4.39 Å². The maximum Gasteiger partial charge on any atom is 0.161 e. The van der Waals surface area contributed by atoms with Crippen molar-refractivity contribution >= 4 is 0 Å². The molecule has 35 heavy (non-hydrogen) atoms. The van der Waals surface area contributed by atoms with E-state index in [0.29, 0.717) is 19.8 Å². The Morgan fingerprint density at radius 2 is 1.60 bits per heavy atom. The Balaban J connectivity index is 1.64. The molecule has 1 fully saturated rings. The molecular weight excluding hydrogens is 439 g/mol. The van der Waals surface area contributed by atoms with E-state index in [0.717, 1.165) is 55.1 Å². The van der Waals surface area contributed by atoms with Crippen molar-refractivity contribution in [1.29, 1.82) is 0 Å². The van der Waals surface area contributed by atoms with E-state index < -0.39 is 0 Å². The van der Waals surface area contributed by atoms with Gasteiger partial charge < -0.3 is 9.47 Å². The van der Waals surface area contributed by atoms with Crippen LogP contribution in [0.5, 0.6) is 11.5 Å². The van der Waals surface area contributed by atoms with Gasteiger partial charge in [-0.2, -0.15) is 0 Å². The van der Waals surface area contributed by atoms with Crippen LogP contribution in [0.3, 0.4) is 0 Å². The third-order valence-corrected chi connectivity index (χ3v) is 6.52. The molecule has 0 unspecified atom stereocenters. The summed E-state index contributed by atoms with van der Waals surface area (Å²) in [5, 5.41) is 0. The first-order valence-electron chi connectivity index (χ1n) is 12.8.